The number of likely N-dealkylation sites (tertiary alicyclic amines) is 1. The molecule has 23 heavy (non-hydrogen) atoms. The fourth-order valence-electron chi connectivity index (χ4n) is 2.41. The number of nitrogens with zero attached hydrogens (tertiary/aromatic N) is 5. The summed E-state index contributed by atoms with van der Waals surface area (Å²) in [6.07, 6.45) is 4.02. The van der Waals surface area contributed by atoms with Gasteiger partial charge in [0.2, 0.25) is 0 Å². The molecule has 2 amide bonds. The number of urea groups is 1. The van der Waals surface area contributed by atoms with Crippen molar-refractivity contribution in [1.82, 2.24) is 19.5 Å². The Morgan fingerprint density at radius 3 is 3.13 bits per heavy atom. The van der Waals surface area contributed by atoms with E-state index in [0.29, 0.717) is 18.1 Å². The Hall–Kier alpha value is -2.42. The fourth-order valence-corrected chi connectivity index (χ4v) is 2.81. The Kier molecular flexibility index (Phi) is 4.56. The third-order valence-electron chi connectivity index (χ3n) is 3.49. The predicted molar refractivity (Wildman–Crippen MR) is 88.1 cm³/mol. The summed E-state index contributed by atoms with van der Waals surface area (Å²) in [4.78, 5) is 20.1. The van der Waals surface area contributed by atoms with Crippen LogP contribution in [-0.2, 0) is 0 Å². The molecule has 2 aromatic rings. The largest absolute Gasteiger partial charge is 0.485 e. The van der Waals surface area contributed by atoms with Crippen molar-refractivity contribution < 1.29 is 9.53 Å². The lowest BCUT2D eigenvalue weighted by Crippen LogP contribution is -2.34. The lowest BCUT2D eigenvalue weighted by Gasteiger charge is -2.20. The highest BCUT2D eigenvalue weighted by atomic mass is 32.1. The van der Waals surface area contributed by atoms with Crippen molar-refractivity contribution in [2.24, 2.45) is 0 Å². The van der Waals surface area contributed by atoms with Gasteiger partial charge in [0.15, 0.2) is 11.6 Å². The van der Waals surface area contributed by atoms with E-state index in [1.807, 2.05) is 31.1 Å². The molecule has 3 heterocycles. The predicted octanol–water partition coefficient (Wildman–Crippen LogP) is 1.68. The molecule has 9 heteroatoms. The maximum atomic E-state index is 12.2. The number of carbonyl (C=O) groups is 1. The Morgan fingerprint density at radius 2 is 2.39 bits per heavy atom. The van der Waals surface area contributed by atoms with Gasteiger partial charge in [-0.15, -0.1) is 5.10 Å². The monoisotopic (exact) mass is 334 g/mol. The number of rotatable bonds is 4. The van der Waals surface area contributed by atoms with Crippen molar-refractivity contribution in [2.75, 3.05) is 37.4 Å². The molecule has 0 saturated carbocycles. The maximum absolute atomic E-state index is 12.2. The Bertz CT molecular complexity index is 663. The summed E-state index contributed by atoms with van der Waals surface area (Å²) in [5.74, 6) is 1.52. The van der Waals surface area contributed by atoms with Crippen molar-refractivity contribution in [3.8, 4) is 5.75 Å². The van der Waals surface area contributed by atoms with Crippen LogP contribution in [0.2, 0.25) is 0 Å². The van der Waals surface area contributed by atoms with Gasteiger partial charge in [0.05, 0.1) is 12.7 Å². The molecular weight excluding hydrogens is 316 g/mol. The van der Waals surface area contributed by atoms with E-state index < -0.39 is 0 Å². The lowest BCUT2D eigenvalue weighted by atomic mass is 10.3. The SMILES string of the molecule is CN(C)c1ncccc1OC1CCN(C(=O)Nc2cnns2)C1. The number of carbonyl (C=O) groups excluding carboxylic acids is 1. The normalized spacial score (nSPS) is 17.1. The van der Waals surface area contributed by atoms with Crippen molar-refractivity contribution in [3.63, 3.8) is 0 Å². The van der Waals surface area contributed by atoms with E-state index in [2.05, 4.69) is 19.9 Å². The zero-order chi connectivity index (χ0) is 16.2. The minimum atomic E-state index is -0.152. The summed E-state index contributed by atoms with van der Waals surface area (Å²) in [5, 5.41) is 7.12. The van der Waals surface area contributed by atoms with Gasteiger partial charge in [0.25, 0.3) is 0 Å². The van der Waals surface area contributed by atoms with Crippen LogP contribution in [0.15, 0.2) is 24.5 Å². The van der Waals surface area contributed by atoms with Gasteiger partial charge < -0.3 is 14.5 Å². The molecule has 0 aromatic carbocycles. The van der Waals surface area contributed by atoms with Gasteiger partial charge in [-0.25, -0.2) is 9.78 Å². The molecule has 0 aliphatic carbocycles. The van der Waals surface area contributed by atoms with E-state index in [9.17, 15) is 4.79 Å². The molecule has 1 N–H and O–H groups in total. The van der Waals surface area contributed by atoms with Crippen LogP contribution >= 0.6 is 11.5 Å². The van der Waals surface area contributed by atoms with Crippen LogP contribution in [0.5, 0.6) is 5.75 Å². The molecule has 1 aliphatic heterocycles. The van der Waals surface area contributed by atoms with Crippen LogP contribution in [0.25, 0.3) is 0 Å². The summed E-state index contributed by atoms with van der Waals surface area (Å²) >= 11 is 1.15. The third kappa shape index (κ3) is 3.67. The minimum absolute atomic E-state index is 0.0387. The lowest BCUT2D eigenvalue weighted by molar-refractivity contribution is 0.195. The van der Waals surface area contributed by atoms with Gasteiger partial charge in [-0.1, -0.05) is 4.49 Å². The highest BCUT2D eigenvalue weighted by Gasteiger charge is 2.28. The van der Waals surface area contributed by atoms with E-state index in [-0.39, 0.29) is 12.1 Å². The smallest absolute Gasteiger partial charge is 0.322 e. The van der Waals surface area contributed by atoms with Gasteiger partial charge in [-0.05, 0) is 12.1 Å². The molecule has 0 radical (unpaired) electrons. The number of anilines is 2. The van der Waals surface area contributed by atoms with Crippen LogP contribution in [0.3, 0.4) is 0 Å². The summed E-state index contributed by atoms with van der Waals surface area (Å²) < 4.78 is 9.76. The molecule has 0 bridgehead atoms. The molecule has 1 fully saturated rings. The van der Waals surface area contributed by atoms with Crippen molar-refractivity contribution in [1.29, 1.82) is 0 Å². The molecular formula is C14H18N6O2S. The first-order chi connectivity index (χ1) is 11.1. The molecule has 3 rings (SSSR count). The first-order valence-electron chi connectivity index (χ1n) is 7.26. The fraction of sp³-hybridized carbons (Fsp3) is 0.429. The van der Waals surface area contributed by atoms with E-state index in [0.717, 1.165) is 29.5 Å². The quantitative estimate of drug-likeness (QED) is 0.916. The number of aromatic nitrogens is 3. The van der Waals surface area contributed by atoms with Crippen LogP contribution in [0, 0.1) is 0 Å². The Morgan fingerprint density at radius 1 is 1.52 bits per heavy atom. The topological polar surface area (TPSA) is 83.5 Å². The highest BCUT2D eigenvalue weighted by molar-refractivity contribution is 7.10. The standard InChI is InChI=1S/C14H18N6O2S/c1-19(2)13-11(4-3-6-15-13)22-10-5-7-20(9-10)14(21)17-12-8-16-18-23-12/h3-4,6,8,10H,5,7,9H2,1-2H3,(H,17,21). The number of pyridine rings is 1. The second-order valence-corrected chi connectivity index (χ2v) is 6.19. The first kappa shape index (κ1) is 15.5. The summed E-state index contributed by atoms with van der Waals surface area (Å²) in [6.45, 7) is 1.19. The molecule has 2 aromatic heterocycles. The number of ether oxygens (including phenoxy) is 1. The zero-order valence-corrected chi connectivity index (χ0v) is 13.8. The molecule has 1 unspecified atom stereocenters. The van der Waals surface area contributed by atoms with Crippen LogP contribution < -0.4 is 15.0 Å². The number of amides is 2. The van der Waals surface area contributed by atoms with Crippen molar-refractivity contribution >= 4 is 28.4 Å². The molecule has 0 spiro atoms. The van der Waals surface area contributed by atoms with Crippen molar-refractivity contribution in [2.45, 2.75) is 12.5 Å². The molecule has 1 aliphatic rings. The van der Waals surface area contributed by atoms with Crippen molar-refractivity contribution in [3.05, 3.63) is 24.5 Å². The van der Waals surface area contributed by atoms with E-state index in [1.54, 1.807) is 11.1 Å². The molecule has 1 atom stereocenters. The number of hydrogen-bond donors (Lipinski definition) is 1. The number of hydrogen-bond acceptors (Lipinski definition) is 7. The van der Waals surface area contributed by atoms with Gasteiger partial charge in [0, 0.05) is 44.8 Å². The second kappa shape index (κ2) is 6.78. The zero-order valence-electron chi connectivity index (χ0n) is 13.0. The first-order valence-corrected chi connectivity index (χ1v) is 8.03. The van der Waals surface area contributed by atoms with Crippen LogP contribution in [0.4, 0.5) is 15.6 Å². The van der Waals surface area contributed by atoms with E-state index >= 15 is 0 Å². The average Bonchev–Trinajstić information content (AvgIpc) is 3.19. The van der Waals surface area contributed by atoms with Crippen LogP contribution in [-0.4, -0.2) is 58.8 Å². The molecule has 1 saturated heterocycles. The van der Waals surface area contributed by atoms with Gasteiger partial charge in [-0.3, -0.25) is 5.32 Å². The summed E-state index contributed by atoms with van der Waals surface area (Å²) in [7, 11) is 3.85. The van der Waals surface area contributed by atoms with Crippen LogP contribution in [0.1, 0.15) is 6.42 Å². The van der Waals surface area contributed by atoms with Gasteiger partial charge >= 0.3 is 6.03 Å². The molecule has 8 nitrogen and oxygen atoms in total. The Balaban J connectivity index is 1.59. The summed E-state index contributed by atoms with van der Waals surface area (Å²) in [5.41, 5.74) is 0. The second-order valence-electron chi connectivity index (χ2n) is 5.41. The van der Waals surface area contributed by atoms with E-state index in [1.165, 1.54) is 6.20 Å². The van der Waals surface area contributed by atoms with Gasteiger partial charge in [-0.2, -0.15) is 0 Å². The average molecular weight is 334 g/mol. The van der Waals surface area contributed by atoms with Gasteiger partial charge in [0.1, 0.15) is 11.1 Å². The Labute approximate surface area is 138 Å². The highest BCUT2D eigenvalue weighted by Crippen LogP contribution is 2.26. The summed E-state index contributed by atoms with van der Waals surface area (Å²) in [6, 6.07) is 3.59. The minimum Gasteiger partial charge on any atom is -0.485 e. The van der Waals surface area contributed by atoms with E-state index in [4.69, 9.17) is 4.74 Å². The third-order valence-corrected chi connectivity index (χ3v) is 4.07. The number of nitrogens with one attached hydrogen (secondary N) is 1. The molecule has 122 valence electrons. The maximum Gasteiger partial charge on any atom is 0.322 e.